The average Bonchev–Trinajstić information content (AvgIpc) is 2.25. The molecular weight excluding hydrogens is 265 g/mol. The van der Waals surface area contributed by atoms with Gasteiger partial charge in [-0.3, -0.25) is 0 Å². The van der Waals surface area contributed by atoms with Gasteiger partial charge >= 0.3 is 6.18 Å². The number of anilines is 2. The summed E-state index contributed by atoms with van der Waals surface area (Å²) in [5.41, 5.74) is 5.03. The van der Waals surface area contributed by atoms with Crippen molar-refractivity contribution >= 4 is 11.4 Å². The zero-order valence-electron chi connectivity index (χ0n) is 12.5. The Balaban J connectivity index is 3.13. The Morgan fingerprint density at radius 3 is 1.95 bits per heavy atom. The molecule has 0 aliphatic carbocycles. The van der Waals surface area contributed by atoms with Crippen LogP contribution in [0.5, 0.6) is 0 Å². The molecule has 5 heteroatoms. The minimum absolute atomic E-state index is 0.227. The van der Waals surface area contributed by atoms with Crippen molar-refractivity contribution < 1.29 is 13.2 Å². The molecule has 0 radical (unpaired) electrons. The van der Waals surface area contributed by atoms with Gasteiger partial charge in [0.2, 0.25) is 0 Å². The summed E-state index contributed by atoms with van der Waals surface area (Å²) < 4.78 is 38.8. The van der Waals surface area contributed by atoms with E-state index in [1.54, 1.807) is 6.07 Å². The fourth-order valence-electron chi connectivity index (χ4n) is 2.15. The van der Waals surface area contributed by atoms with Crippen LogP contribution in [0.3, 0.4) is 0 Å². The first-order chi connectivity index (χ1) is 9.11. The average molecular weight is 288 g/mol. The predicted molar refractivity (Wildman–Crippen MR) is 77.7 cm³/mol. The van der Waals surface area contributed by atoms with Crippen LogP contribution < -0.4 is 10.6 Å². The minimum Gasteiger partial charge on any atom is -0.398 e. The highest BCUT2D eigenvalue weighted by Crippen LogP contribution is 2.36. The van der Waals surface area contributed by atoms with E-state index < -0.39 is 11.7 Å². The lowest BCUT2D eigenvalue weighted by atomic mass is 10.1. The third-order valence-electron chi connectivity index (χ3n) is 2.88. The van der Waals surface area contributed by atoms with E-state index in [1.807, 2.05) is 4.90 Å². The minimum atomic E-state index is -4.42. The molecule has 0 atom stereocenters. The monoisotopic (exact) mass is 288 g/mol. The van der Waals surface area contributed by atoms with E-state index in [1.165, 1.54) is 6.07 Å². The van der Waals surface area contributed by atoms with Gasteiger partial charge in [0.1, 0.15) is 0 Å². The fraction of sp³-hybridized carbons (Fsp3) is 0.600. The van der Waals surface area contributed by atoms with Gasteiger partial charge in [-0.05, 0) is 30.0 Å². The Bertz CT molecular complexity index is 429. The molecule has 0 aliphatic heterocycles. The van der Waals surface area contributed by atoms with Crippen molar-refractivity contribution in [1.29, 1.82) is 0 Å². The number of halogens is 3. The van der Waals surface area contributed by atoms with Gasteiger partial charge in [-0.25, -0.2) is 0 Å². The van der Waals surface area contributed by atoms with Crippen LogP contribution in [0.15, 0.2) is 18.2 Å². The number of rotatable bonds is 5. The molecule has 0 unspecified atom stereocenters. The zero-order chi connectivity index (χ0) is 15.5. The summed E-state index contributed by atoms with van der Waals surface area (Å²) in [5, 5.41) is 0. The lowest BCUT2D eigenvalue weighted by molar-refractivity contribution is -0.136. The quantitative estimate of drug-likeness (QED) is 0.813. The van der Waals surface area contributed by atoms with Crippen molar-refractivity contribution in [2.75, 3.05) is 23.7 Å². The summed E-state index contributed by atoms with van der Waals surface area (Å²) in [4.78, 5) is 1.99. The molecule has 1 rings (SSSR count). The summed E-state index contributed by atoms with van der Waals surface area (Å²) in [5.74, 6) is 0.751. The molecule has 0 bridgehead atoms. The van der Waals surface area contributed by atoms with Crippen LogP contribution in [0.2, 0.25) is 0 Å². The number of nitrogens with zero attached hydrogens (tertiary/aromatic N) is 1. The maximum Gasteiger partial charge on any atom is 0.418 e. The van der Waals surface area contributed by atoms with Crippen LogP contribution in [-0.4, -0.2) is 13.1 Å². The van der Waals surface area contributed by atoms with E-state index in [-0.39, 0.29) is 5.69 Å². The normalized spacial score (nSPS) is 12.2. The lowest BCUT2D eigenvalue weighted by Crippen LogP contribution is -2.31. The van der Waals surface area contributed by atoms with Crippen LogP contribution in [-0.2, 0) is 6.18 Å². The topological polar surface area (TPSA) is 29.3 Å². The molecule has 2 nitrogen and oxygen atoms in total. The van der Waals surface area contributed by atoms with Gasteiger partial charge < -0.3 is 10.6 Å². The van der Waals surface area contributed by atoms with Gasteiger partial charge in [0.05, 0.1) is 5.56 Å². The molecule has 0 spiro atoms. The summed E-state index contributed by atoms with van der Waals surface area (Å²) >= 11 is 0. The summed E-state index contributed by atoms with van der Waals surface area (Å²) in [7, 11) is 0. The number of nitrogen functional groups attached to an aromatic ring is 1. The van der Waals surface area contributed by atoms with E-state index in [9.17, 15) is 13.2 Å². The van der Waals surface area contributed by atoms with E-state index in [2.05, 4.69) is 27.7 Å². The van der Waals surface area contributed by atoms with Crippen LogP contribution in [0.4, 0.5) is 24.5 Å². The molecule has 0 aromatic heterocycles. The van der Waals surface area contributed by atoms with E-state index in [0.717, 1.165) is 19.2 Å². The van der Waals surface area contributed by atoms with Gasteiger partial charge in [0.15, 0.2) is 0 Å². The van der Waals surface area contributed by atoms with Crippen LogP contribution in [0.1, 0.15) is 33.3 Å². The molecule has 20 heavy (non-hydrogen) atoms. The Hall–Kier alpha value is -1.39. The molecule has 1 aromatic carbocycles. The number of benzene rings is 1. The summed E-state index contributed by atoms with van der Waals surface area (Å²) in [6.07, 6.45) is -4.42. The molecule has 0 amide bonds. The van der Waals surface area contributed by atoms with Gasteiger partial charge in [-0.1, -0.05) is 27.7 Å². The van der Waals surface area contributed by atoms with Gasteiger partial charge in [-0.2, -0.15) is 13.2 Å². The van der Waals surface area contributed by atoms with Gasteiger partial charge in [-0.15, -0.1) is 0 Å². The second-order valence-corrected chi connectivity index (χ2v) is 5.96. The second-order valence-electron chi connectivity index (χ2n) is 5.96. The zero-order valence-corrected chi connectivity index (χ0v) is 12.5. The SMILES string of the molecule is CC(C)CN(CC(C)C)c1ccc(N)c(C(F)(F)F)c1. The van der Waals surface area contributed by atoms with E-state index in [0.29, 0.717) is 17.5 Å². The standard InChI is InChI=1S/C15H23F3N2/c1-10(2)8-20(9-11(3)4)12-5-6-14(19)13(7-12)15(16,17)18/h5-7,10-11H,8-9,19H2,1-4H3. The van der Waals surface area contributed by atoms with E-state index in [4.69, 9.17) is 5.73 Å². The van der Waals surface area contributed by atoms with Crippen molar-refractivity contribution in [3.05, 3.63) is 23.8 Å². The van der Waals surface area contributed by atoms with Crippen molar-refractivity contribution in [1.82, 2.24) is 0 Å². The smallest absolute Gasteiger partial charge is 0.398 e. The molecule has 0 heterocycles. The van der Waals surface area contributed by atoms with Crippen molar-refractivity contribution in [2.24, 2.45) is 11.8 Å². The van der Waals surface area contributed by atoms with E-state index >= 15 is 0 Å². The predicted octanol–water partition coefficient (Wildman–Crippen LogP) is 4.41. The highest BCUT2D eigenvalue weighted by Gasteiger charge is 2.33. The highest BCUT2D eigenvalue weighted by molar-refractivity contribution is 5.59. The third kappa shape index (κ3) is 4.62. The number of alkyl halides is 3. The van der Waals surface area contributed by atoms with Crippen LogP contribution >= 0.6 is 0 Å². The maximum absolute atomic E-state index is 12.9. The van der Waals surface area contributed by atoms with Crippen LogP contribution in [0.25, 0.3) is 0 Å². The van der Waals surface area contributed by atoms with Crippen LogP contribution in [0, 0.1) is 11.8 Å². The largest absolute Gasteiger partial charge is 0.418 e. The molecule has 2 N–H and O–H groups in total. The third-order valence-corrected chi connectivity index (χ3v) is 2.88. The first kappa shape index (κ1) is 16.7. The number of hydrogen-bond donors (Lipinski definition) is 1. The molecule has 0 aliphatic rings. The number of nitrogens with two attached hydrogens (primary N) is 1. The molecular formula is C15H23F3N2. The Morgan fingerprint density at radius 2 is 1.55 bits per heavy atom. The second kappa shape index (κ2) is 6.37. The lowest BCUT2D eigenvalue weighted by Gasteiger charge is -2.29. The van der Waals surface area contributed by atoms with Gasteiger partial charge in [0, 0.05) is 24.5 Å². The first-order valence-corrected chi connectivity index (χ1v) is 6.83. The van der Waals surface area contributed by atoms with Gasteiger partial charge in [0.25, 0.3) is 0 Å². The molecule has 0 fully saturated rings. The Labute approximate surface area is 118 Å². The molecule has 1 aromatic rings. The highest BCUT2D eigenvalue weighted by atomic mass is 19.4. The maximum atomic E-state index is 12.9. The molecule has 0 saturated heterocycles. The van der Waals surface area contributed by atoms with Crippen molar-refractivity contribution in [3.8, 4) is 0 Å². The Kier molecular flexibility index (Phi) is 5.31. The molecule has 0 saturated carbocycles. The fourth-order valence-corrected chi connectivity index (χ4v) is 2.15. The summed E-state index contributed by atoms with van der Waals surface area (Å²) in [6.45, 7) is 9.65. The Morgan fingerprint density at radius 1 is 1.05 bits per heavy atom. The van der Waals surface area contributed by atoms with Crippen molar-refractivity contribution in [3.63, 3.8) is 0 Å². The van der Waals surface area contributed by atoms with Crippen molar-refractivity contribution in [2.45, 2.75) is 33.9 Å². The summed E-state index contributed by atoms with van der Waals surface area (Å²) in [6, 6.07) is 4.15. The molecule has 114 valence electrons. The number of hydrogen-bond acceptors (Lipinski definition) is 2. The first-order valence-electron chi connectivity index (χ1n) is 6.83.